The van der Waals surface area contributed by atoms with Gasteiger partial charge in [-0.1, -0.05) is 6.92 Å². The van der Waals surface area contributed by atoms with Crippen LogP contribution in [0.25, 0.3) is 0 Å². The monoisotopic (exact) mass is 190 g/mol. The molecule has 4 N–H and O–H groups in total. The zero-order chi connectivity index (χ0) is 10.3. The van der Waals surface area contributed by atoms with Gasteiger partial charge in [-0.2, -0.15) is 0 Å². The number of nitrogens with zero attached hydrogens (tertiary/aromatic N) is 1. The summed E-state index contributed by atoms with van der Waals surface area (Å²) in [6, 6.07) is -0.390. The van der Waals surface area contributed by atoms with Crippen LogP contribution in [0.4, 0.5) is 0 Å². The van der Waals surface area contributed by atoms with Crippen molar-refractivity contribution < 1.29 is 15.0 Å². The molecule has 0 aliphatic carbocycles. The Bertz CT molecular complexity index is 146. The molecule has 13 heavy (non-hydrogen) atoms. The number of aliphatic hydroxyl groups is 2. The highest BCUT2D eigenvalue weighted by Gasteiger charge is 2.20. The van der Waals surface area contributed by atoms with Gasteiger partial charge in [0.1, 0.15) is 0 Å². The minimum Gasteiger partial charge on any atom is -0.395 e. The zero-order valence-corrected chi connectivity index (χ0v) is 7.94. The standard InChI is InChI=1S/C8H18N2O3/c1-2-7(8(9)13)10(3-5-11)4-6-12/h7,11-12H,2-6H2,1H3,(H2,9,13). The van der Waals surface area contributed by atoms with E-state index in [2.05, 4.69) is 0 Å². The summed E-state index contributed by atoms with van der Waals surface area (Å²) < 4.78 is 0. The highest BCUT2D eigenvalue weighted by Crippen LogP contribution is 2.02. The predicted molar refractivity (Wildman–Crippen MR) is 49.0 cm³/mol. The number of hydrogen-bond acceptors (Lipinski definition) is 4. The van der Waals surface area contributed by atoms with Crippen molar-refractivity contribution in [2.24, 2.45) is 5.73 Å². The van der Waals surface area contributed by atoms with Crippen molar-refractivity contribution in [3.63, 3.8) is 0 Å². The van der Waals surface area contributed by atoms with Crippen LogP contribution in [0.1, 0.15) is 13.3 Å². The van der Waals surface area contributed by atoms with E-state index in [4.69, 9.17) is 15.9 Å². The number of carbonyl (C=O) groups excluding carboxylic acids is 1. The number of hydrogen-bond donors (Lipinski definition) is 3. The van der Waals surface area contributed by atoms with Crippen molar-refractivity contribution >= 4 is 5.91 Å². The van der Waals surface area contributed by atoms with E-state index in [1.807, 2.05) is 6.92 Å². The molecular formula is C8H18N2O3. The van der Waals surface area contributed by atoms with Crippen LogP contribution in [0.2, 0.25) is 0 Å². The normalized spacial score (nSPS) is 13.2. The van der Waals surface area contributed by atoms with Crippen molar-refractivity contribution in [3.05, 3.63) is 0 Å². The lowest BCUT2D eigenvalue weighted by atomic mass is 10.2. The average molecular weight is 190 g/mol. The van der Waals surface area contributed by atoms with Gasteiger partial charge in [0.25, 0.3) is 0 Å². The molecule has 0 aromatic heterocycles. The van der Waals surface area contributed by atoms with Gasteiger partial charge in [0.15, 0.2) is 0 Å². The van der Waals surface area contributed by atoms with Crippen LogP contribution in [0.15, 0.2) is 0 Å². The molecule has 0 aromatic carbocycles. The van der Waals surface area contributed by atoms with Gasteiger partial charge in [-0.25, -0.2) is 0 Å². The largest absolute Gasteiger partial charge is 0.395 e. The van der Waals surface area contributed by atoms with Crippen molar-refractivity contribution in [3.8, 4) is 0 Å². The SMILES string of the molecule is CCC(C(N)=O)N(CCO)CCO. The number of nitrogens with two attached hydrogens (primary N) is 1. The highest BCUT2D eigenvalue weighted by atomic mass is 16.3. The predicted octanol–water partition coefficient (Wildman–Crippen LogP) is -1.46. The second-order valence-corrected chi connectivity index (χ2v) is 2.81. The van der Waals surface area contributed by atoms with Crippen LogP contribution >= 0.6 is 0 Å². The summed E-state index contributed by atoms with van der Waals surface area (Å²) >= 11 is 0. The number of amides is 1. The van der Waals surface area contributed by atoms with Gasteiger partial charge in [-0.15, -0.1) is 0 Å². The third-order valence-corrected chi connectivity index (χ3v) is 1.93. The Balaban J connectivity index is 4.20. The van der Waals surface area contributed by atoms with E-state index in [0.29, 0.717) is 19.5 Å². The molecule has 1 amide bonds. The molecular weight excluding hydrogens is 172 g/mol. The lowest BCUT2D eigenvalue weighted by Gasteiger charge is -2.27. The van der Waals surface area contributed by atoms with Crippen molar-refractivity contribution in [1.82, 2.24) is 4.90 Å². The van der Waals surface area contributed by atoms with E-state index in [-0.39, 0.29) is 19.3 Å². The van der Waals surface area contributed by atoms with Gasteiger partial charge in [-0.05, 0) is 6.42 Å². The highest BCUT2D eigenvalue weighted by molar-refractivity contribution is 5.79. The van der Waals surface area contributed by atoms with E-state index < -0.39 is 5.91 Å². The molecule has 0 saturated carbocycles. The Morgan fingerprint density at radius 3 is 2.08 bits per heavy atom. The molecule has 0 fully saturated rings. The van der Waals surface area contributed by atoms with Crippen LogP contribution in [-0.4, -0.2) is 53.4 Å². The second kappa shape index (κ2) is 6.82. The molecule has 5 heteroatoms. The topological polar surface area (TPSA) is 86.8 Å². The summed E-state index contributed by atoms with van der Waals surface area (Å²) in [4.78, 5) is 12.6. The Kier molecular flexibility index (Phi) is 6.48. The molecule has 5 nitrogen and oxygen atoms in total. The first-order valence-electron chi connectivity index (χ1n) is 4.42. The van der Waals surface area contributed by atoms with Gasteiger partial charge in [0, 0.05) is 13.1 Å². The van der Waals surface area contributed by atoms with E-state index in [1.54, 1.807) is 4.90 Å². The zero-order valence-electron chi connectivity index (χ0n) is 7.94. The Morgan fingerprint density at radius 2 is 1.85 bits per heavy atom. The van der Waals surface area contributed by atoms with Crippen LogP contribution in [0, 0.1) is 0 Å². The van der Waals surface area contributed by atoms with Crippen molar-refractivity contribution in [1.29, 1.82) is 0 Å². The maximum absolute atomic E-state index is 10.9. The summed E-state index contributed by atoms with van der Waals surface area (Å²) in [6.07, 6.45) is 0.593. The molecule has 0 aliphatic rings. The first-order valence-corrected chi connectivity index (χ1v) is 4.42. The van der Waals surface area contributed by atoms with Crippen molar-refractivity contribution in [2.45, 2.75) is 19.4 Å². The van der Waals surface area contributed by atoms with Crippen LogP contribution < -0.4 is 5.73 Å². The van der Waals surface area contributed by atoms with Gasteiger partial charge in [0.05, 0.1) is 19.3 Å². The minimum atomic E-state index is -0.413. The maximum Gasteiger partial charge on any atom is 0.234 e. The molecule has 78 valence electrons. The Hall–Kier alpha value is -0.650. The summed E-state index contributed by atoms with van der Waals surface area (Å²) in [5, 5.41) is 17.4. The van der Waals surface area contributed by atoms with Gasteiger partial charge in [-0.3, -0.25) is 9.69 Å². The first kappa shape index (κ1) is 12.3. The Morgan fingerprint density at radius 1 is 1.38 bits per heavy atom. The van der Waals surface area contributed by atoms with Gasteiger partial charge < -0.3 is 15.9 Å². The molecule has 0 aromatic rings. The number of aliphatic hydroxyl groups excluding tert-OH is 2. The summed E-state index contributed by atoms with van der Waals surface area (Å²) in [5.41, 5.74) is 5.16. The minimum absolute atomic E-state index is 0.0379. The summed E-state index contributed by atoms with van der Waals surface area (Å²) in [6.45, 7) is 2.49. The van der Waals surface area contributed by atoms with Gasteiger partial charge >= 0.3 is 0 Å². The molecule has 1 unspecified atom stereocenters. The molecule has 0 radical (unpaired) electrons. The van der Waals surface area contributed by atoms with E-state index >= 15 is 0 Å². The van der Waals surface area contributed by atoms with E-state index in [0.717, 1.165) is 0 Å². The molecule has 0 rings (SSSR count). The molecule has 0 spiro atoms. The lowest BCUT2D eigenvalue weighted by molar-refractivity contribution is -0.123. The second-order valence-electron chi connectivity index (χ2n) is 2.81. The van der Waals surface area contributed by atoms with E-state index in [1.165, 1.54) is 0 Å². The Labute approximate surface area is 78.1 Å². The summed E-state index contributed by atoms with van der Waals surface area (Å²) in [5.74, 6) is -0.413. The van der Waals surface area contributed by atoms with E-state index in [9.17, 15) is 4.79 Å². The first-order chi connectivity index (χ1) is 6.17. The quantitative estimate of drug-likeness (QED) is 0.458. The smallest absolute Gasteiger partial charge is 0.234 e. The van der Waals surface area contributed by atoms with Crippen LogP contribution in [0.5, 0.6) is 0 Å². The number of rotatable bonds is 7. The fourth-order valence-electron chi connectivity index (χ4n) is 1.32. The van der Waals surface area contributed by atoms with Crippen molar-refractivity contribution in [2.75, 3.05) is 26.3 Å². The lowest BCUT2D eigenvalue weighted by Crippen LogP contribution is -2.46. The molecule has 1 atom stereocenters. The fraction of sp³-hybridized carbons (Fsp3) is 0.875. The summed E-state index contributed by atoms with van der Waals surface area (Å²) in [7, 11) is 0. The molecule has 0 saturated heterocycles. The van der Waals surface area contributed by atoms with Crippen LogP contribution in [-0.2, 0) is 4.79 Å². The number of primary amides is 1. The molecule has 0 bridgehead atoms. The third kappa shape index (κ3) is 4.21. The average Bonchev–Trinajstić information content (AvgIpc) is 2.05. The maximum atomic E-state index is 10.9. The third-order valence-electron chi connectivity index (χ3n) is 1.93. The van der Waals surface area contributed by atoms with Gasteiger partial charge in [0.2, 0.25) is 5.91 Å². The fourth-order valence-corrected chi connectivity index (χ4v) is 1.32. The molecule has 0 aliphatic heterocycles. The number of carbonyl (C=O) groups is 1. The molecule has 0 heterocycles. The van der Waals surface area contributed by atoms with Crippen LogP contribution in [0.3, 0.4) is 0 Å².